The van der Waals surface area contributed by atoms with Crippen LogP contribution in [0.4, 0.5) is 0 Å². The second kappa shape index (κ2) is 8.35. The summed E-state index contributed by atoms with van der Waals surface area (Å²) in [6, 6.07) is 4.90. The molecule has 1 aliphatic rings. The summed E-state index contributed by atoms with van der Waals surface area (Å²) in [7, 11) is 0. The maximum Gasteiger partial charge on any atom is 0.0271 e. The summed E-state index contributed by atoms with van der Waals surface area (Å²) in [5, 5.41) is 0. The minimum Gasteiger partial charge on any atom is -0.330 e. The second-order valence-electron chi connectivity index (χ2n) is 5.66. The quantitative estimate of drug-likeness (QED) is 0.859. The fourth-order valence-electron chi connectivity index (χ4n) is 3.10. The van der Waals surface area contributed by atoms with Gasteiger partial charge in [0, 0.05) is 38.1 Å². The molecular formula is C16H28N4. The second-order valence-corrected chi connectivity index (χ2v) is 5.66. The Hall–Kier alpha value is -0.970. The number of nitrogens with zero attached hydrogens (tertiary/aromatic N) is 3. The van der Waals surface area contributed by atoms with Crippen molar-refractivity contribution >= 4 is 0 Å². The molecule has 1 aliphatic heterocycles. The van der Waals surface area contributed by atoms with Crippen molar-refractivity contribution in [2.24, 2.45) is 5.73 Å². The highest BCUT2D eigenvalue weighted by atomic mass is 15.2. The third-order valence-electron chi connectivity index (χ3n) is 4.27. The summed E-state index contributed by atoms with van der Waals surface area (Å²) >= 11 is 0. The smallest absolute Gasteiger partial charge is 0.0271 e. The van der Waals surface area contributed by atoms with Gasteiger partial charge in [0.2, 0.25) is 0 Å². The Kier molecular flexibility index (Phi) is 6.43. The van der Waals surface area contributed by atoms with Gasteiger partial charge in [-0.1, -0.05) is 6.92 Å². The van der Waals surface area contributed by atoms with Crippen LogP contribution < -0.4 is 5.73 Å². The average molecular weight is 276 g/mol. The summed E-state index contributed by atoms with van der Waals surface area (Å²) < 4.78 is 0. The normalized spacial score (nSPS) is 19.7. The lowest BCUT2D eigenvalue weighted by atomic mass is 10.1. The molecule has 1 saturated heterocycles. The highest BCUT2D eigenvalue weighted by molar-refractivity contribution is 5.09. The van der Waals surface area contributed by atoms with Gasteiger partial charge in [0.25, 0.3) is 0 Å². The Balaban J connectivity index is 1.85. The number of pyridine rings is 1. The van der Waals surface area contributed by atoms with E-state index in [2.05, 4.69) is 33.8 Å². The zero-order valence-corrected chi connectivity index (χ0v) is 12.7. The summed E-state index contributed by atoms with van der Waals surface area (Å²) in [6.45, 7) is 8.86. The van der Waals surface area contributed by atoms with Crippen LogP contribution in [0.25, 0.3) is 0 Å². The van der Waals surface area contributed by atoms with Crippen molar-refractivity contribution in [1.82, 2.24) is 14.8 Å². The van der Waals surface area contributed by atoms with E-state index in [4.69, 9.17) is 5.73 Å². The zero-order chi connectivity index (χ0) is 14.2. The van der Waals surface area contributed by atoms with Crippen LogP contribution in [0, 0.1) is 0 Å². The molecule has 1 aromatic heterocycles. The van der Waals surface area contributed by atoms with Gasteiger partial charge in [-0.25, -0.2) is 0 Å². The number of rotatable bonds is 6. The molecule has 1 aromatic rings. The van der Waals surface area contributed by atoms with Crippen molar-refractivity contribution in [3.05, 3.63) is 30.1 Å². The first-order valence-corrected chi connectivity index (χ1v) is 7.89. The van der Waals surface area contributed by atoms with E-state index in [9.17, 15) is 0 Å². The van der Waals surface area contributed by atoms with Gasteiger partial charge in [0.05, 0.1) is 0 Å². The first kappa shape index (κ1) is 15.4. The summed E-state index contributed by atoms with van der Waals surface area (Å²) in [5.41, 5.74) is 7.10. The van der Waals surface area contributed by atoms with Gasteiger partial charge in [-0.2, -0.15) is 0 Å². The third-order valence-corrected chi connectivity index (χ3v) is 4.27. The largest absolute Gasteiger partial charge is 0.330 e. The van der Waals surface area contributed by atoms with E-state index in [1.54, 1.807) is 0 Å². The molecule has 0 spiro atoms. The van der Waals surface area contributed by atoms with Crippen LogP contribution in [0.1, 0.15) is 31.7 Å². The average Bonchev–Trinajstić information content (AvgIpc) is 2.71. The predicted molar refractivity (Wildman–Crippen MR) is 83.5 cm³/mol. The maximum absolute atomic E-state index is 5.74. The monoisotopic (exact) mass is 276 g/mol. The minimum absolute atomic E-state index is 0.667. The Morgan fingerprint density at radius 1 is 1.20 bits per heavy atom. The lowest BCUT2D eigenvalue weighted by molar-refractivity contribution is 0.184. The summed E-state index contributed by atoms with van der Waals surface area (Å²) in [5.74, 6) is 0. The molecule has 1 atom stereocenters. The third kappa shape index (κ3) is 4.54. The lowest BCUT2D eigenvalue weighted by Gasteiger charge is -2.29. The molecule has 1 fully saturated rings. The number of aromatic nitrogens is 1. The summed E-state index contributed by atoms with van der Waals surface area (Å²) in [6.07, 6.45) is 7.36. The molecule has 4 heteroatoms. The van der Waals surface area contributed by atoms with Crippen LogP contribution >= 0.6 is 0 Å². The molecule has 2 heterocycles. The fourth-order valence-corrected chi connectivity index (χ4v) is 3.10. The van der Waals surface area contributed by atoms with Gasteiger partial charge < -0.3 is 5.73 Å². The van der Waals surface area contributed by atoms with Crippen LogP contribution in [0.3, 0.4) is 0 Å². The Morgan fingerprint density at radius 3 is 2.70 bits per heavy atom. The number of hydrogen-bond acceptors (Lipinski definition) is 4. The van der Waals surface area contributed by atoms with Gasteiger partial charge >= 0.3 is 0 Å². The van der Waals surface area contributed by atoms with E-state index >= 15 is 0 Å². The molecule has 2 N–H and O–H groups in total. The highest BCUT2D eigenvalue weighted by Crippen LogP contribution is 2.14. The lowest BCUT2D eigenvalue weighted by Crippen LogP contribution is -2.39. The molecule has 0 bridgehead atoms. The predicted octanol–water partition coefficient (Wildman–Crippen LogP) is 1.72. The molecule has 4 nitrogen and oxygen atoms in total. The van der Waals surface area contributed by atoms with Crippen LogP contribution in [0.5, 0.6) is 0 Å². The molecule has 0 saturated carbocycles. The fraction of sp³-hybridized carbons (Fsp3) is 0.688. The molecule has 2 rings (SSSR count). The van der Waals surface area contributed by atoms with Crippen molar-refractivity contribution in [2.45, 2.75) is 38.8 Å². The molecule has 0 radical (unpaired) electrons. The van der Waals surface area contributed by atoms with Crippen molar-refractivity contribution in [3.63, 3.8) is 0 Å². The molecule has 112 valence electrons. The first-order chi connectivity index (χ1) is 9.83. The number of nitrogens with two attached hydrogens (primary N) is 1. The maximum atomic E-state index is 5.74. The van der Waals surface area contributed by atoms with Crippen molar-refractivity contribution < 1.29 is 0 Å². The summed E-state index contributed by atoms with van der Waals surface area (Å²) in [4.78, 5) is 9.28. The van der Waals surface area contributed by atoms with E-state index in [1.165, 1.54) is 38.0 Å². The SMILES string of the molecule is CCC(CCN)N1CCCN(Cc2ccncc2)CC1. The topological polar surface area (TPSA) is 45.4 Å². The van der Waals surface area contributed by atoms with Crippen LogP contribution in [0.15, 0.2) is 24.5 Å². The van der Waals surface area contributed by atoms with E-state index in [-0.39, 0.29) is 0 Å². The Bertz CT molecular complexity index is 368. The molecule has 20 heavy (non-hydrogen) atoms. The molecule has 0 aromatic carbocycles. The minimum atomic E-state index is 0.667. The number of hydrogen-bond donors (Lipinski definition) is 1. The van der Waals surface area contributed by atoms with Crippen LogP contribution in [-0.2, 0) is 6.54 Å². The van der Waals surface area contributed by atoms with Gasteiger partial charge in [-0.3, -0.25) is 14.8 Å². The van der Waals surface area contributed by atoms with E-state index in [0.29, 0.717) is 6.04 Å². The van der Waals surface area contributed by atoms with Crippen molar-refractivity contribution in [1.29, 1.82) is 0 Å². The standard InChI is InChI=1S/C16H28N4/c1-2-16(4-7-17)20-11-3-10-19(12-13-20)14-15-5-8-18-9-6-15/h5-6,8-9,16H,2-4,7,10-14,17H2,1H3. The molecule has 0 aliphatic carbocycles. The van der Waals surface area contributed by atoms with Crippen molar-refractivity contribution in [2.75, 3.05) is 32.7 Å². The molecule has 0 amide bonds. The zero-order valence-electron chi connectivity index (χ0n) is 12.7. The van der Waals surface area contributed by atoms with Crippen LogP contribution in [0.2, 0.25) is 0 Å². The van der Waals surface area contributed by atoms with E-state index in [0.717, 1.165) is 26.1 Å². The van der Waals surface area contributed by atoms with E-state index in [1.807, 2.05) is 12.4 Å². The molecular weight excluding hydrogens is 248 g/mol. The highest BCUT2D eigenvalue weighted by Gasteiger charge is 2.20. The van der Waals surface area contributed by atoms with E-state index < -0.39 is 0 Å². The van der Waals surface area contributed by atoms with Gasteiger partial charge in [0.15, 0.2) is 0 Å². The van der Waals surface area contributed by atoms with Gasteiger partial charge in [0.1, 0.15) is 0 Å². The Morgan fingerprint density at radius 2 is 2.00 bits per heavy atom. The first-order valence-electron chi connectivity index (χ1n) is 7.89. The van der Waals surface area contributed by atoms with Crippen LogP contribution in [-0.4, -0.2) is 53.5 Å². The molecule has 1 unspecified atom stereocenters. The Labute approximate surface area is 123 Å². The van der Waals surface area contributed by atoms with Crippen molar-refractivity contribution in [3.8, 4) is 0 Å². The van der Waals surface area contributed by atoms with Gasteiger partial charge in [-0.05, 0) is 56.6 Å². The van der Waals surface area contributed by atoms with Gasteiger partial charge in [-0.15, -0.1) is 0 Å².